The summed E-state index contributed by atoms with van der Waals surface area (Å²) < 4.78 is 17.0. The first kappa shape index (κ1) is 19.3. The van der Waals surface area contributed by atoms with Gasteiger partial charge in [-0.25, -0.2) is 0 Å². The van der Waals surface area contributed by atoms with Crippen LogP contribution in [0, 0.1) is 11.8 Å². The van der Waals surface area contributed by atoms with Crippen LogP contribution >= 0.6 is 0 Å². The third kappa shape index (κ3) is 6.45. The summed E-state index contributed by atoms with van der Waals surface area (Å²) in [5.74, 6) is 2.27. The molecule has 1 aromatic rings. The number of hydrogen-bond acceptors (Lipinski definition) is 3. The molecule has 0 aliphatic heterocycles. The summed E-state index contributed by atoms with van der Waals surface area (Å²) in [7, 11) is 1.78. The van der Waals surface area contributed by atoms with E-state index in [-0.39, 0.29) is 0 Å². The van der Waals surface area contributed by atoms with Crippen LogP contribution in [0.15, 0.2) is 24.3 Å². The van der Waals surface area contributed by atoms with E-state index in [9.17, 15) is 0 Å². The normalized spacial score (nSPS) is 22.9. The van der Waals surface area contributed by atoms with Gasteiger partial charge in [0.15, 0.2) is 0 Å². The number of benzene rings is 1. The van der Waals surface area contributed by atoms with Crippen LogP contribution in [0.1, 0.15) is 52.5 Å². The van der Waals surface area contributed by atoms with E-state index >= 15 is 0 Å². The first-order valence-corrected chi connectivity index (χ1v) is 9.36. The van der Waals surface area contributed by atoms with Crippen molar-refractivity contribution in [1.29, 1.82) is 0 Å². The van der Waals surface area contributed by atoms with Gasteiger partial charge in [0, 0.05) is 26.6 Å². The van der Waals surface area contributed by atoms with Crippen LogP contribution < -0.4 is 4.74 Å². The molecule has 0 N–H and O–H groups in total. The number of hydrogen-bond donors (Lipinski definition) is 0. The molecular weight excluding hydrogens is 300 g/mol. The zero-order valence-corrected chi connectivity index (χ0v) is 16.0. The molecule has 0 aromatic heterocycles. The maximum atomic E-state index is 6.02. The SMILES string of the molecule is COCC(C)CC(C)Cc1ccc(OC2CC(OC(C)C)C2)cc1. The molecule has 2 atom stereocenters. The highest BCUT2D eigenvalue weighted by Crippen LogP contribution is 2.29. The Bertz CT molecular complexity index is 462. The highest BCUT2D eigenvalue weighted by Gasteiger charge is 2.32. The summed E-state index contributed by atoms with van der Waals surface area (Å²) in [5.41, 5.74) is 1.38. The fourth-order valence-corrected chi connectivity index (χ4v) is 3.53. The van der Waals surface area contributed by atoms with E-state index in [2.05, 4.69) is 52.0 Å². The lowest BCUT2D eigenvalue weighted by molar-refractivity contribution is -0.0849. The van der Waals surface area contributed by atoms with Crippen molar-refractivity contribution in [3.63, 3.8) is 0 Å². The molecule has 0 bridgehead atoms. The van der Waals surface area contributed by atoms with E-state index in [1.54, 1.807) is 7.11 Å². The van der Waals surface area contributed by atoms with Crippen LogP contribution in [-0.2, 0) is 15.9 Å². The molecule has 1 aliphatic carbocycles. The molecule has 0 saturated heterocycles. The standard InChI is InChI=1S/C21H34O3/c1-15(2)23-20-12-21(13-20)24-19-8-6-18(7-9-19)11-16(3)10-17(4)14-22-5/h6-9,15-17,20-21H,10-14H2,1-5H3. The van der Waals surface area contributed by atoms with E-state index in [0.717, 1.165) is 31.6 Å². The van der Waals surface area contributed by atoms with Gasteiger partial charge >= 0.3 is 0 Å². The summed E-state index contributed by atoms with van der Waals surface area (Å²) in [6.07, 6.45) is 5.33. The number of ether oxygens (including phenoxy) is 3. The maximum Gasteiger partial charge on any atom is 0.119 e. The molecule has 2 unspecified atom stereocenters. The van der Waals surface area contributed by atoms with Crippen molar-refractivity contribution in [2.75, 3.05) is 13.7 Å². The number of rotatable bonds is 10. The number of methoxy groups -OCH3 is 1. The van der Waals surface area contributed by atoms with E-state index < -0.39 is 0 Å². The summed E-state index contributed by atoms with van der Waals surface area (Å²) in [5, 5.41) is 0. The van der Waals surface area contributed by atoms with Crippen molar-refractivity contribution in [3.8, 4) is 5.75 Å². The van der Waals surface area contributed by atoms with E-state index in [1.165, 1.54) is 12.0 Å². The highest BCUT2D eigenvalue weighted by molar-refractivity contribution is 5.28. The van der Waals surface area contributed by atoms with Crippen LogP contribution in [0.2, 0.25) is 0 Å². The quantitative estimate of drug-likeness (QED) is 0.611. The van der Waals surface area contributed by atoms with Crippen molar-refractivity contribution in [3.05, 3.63) is 29.8 Å². The fourth-order valence-electron chi connectivity index (χ4n) is 3.53. The Morgan fingerprint density at radius 3 is 2.21 bits per heavy atom. The van der Waals surface area contributed by atoms with Crippen molar-refractivity contribution in [2.45, 2.75) is 71.7 Å². The summed E-state index contributed by atoms with van der Waals surface area (Å²) >= 11 is 0. The zero-order chi connectivity index (χ0) is 17.5. The molecule has 3 heteroatoms. The lowest BCUT2D eigenvalue weighted by atomic mass is 9.91. The molecule has 1 fully saturated rings. The smallest absolute Gasteiger partial charge is 0.119 e. The van der Waals surface area contributed by atoms with Crippen LogP contribution in [-0.4, -0.2) is 32.0 Å². The summed E-state index contributed by atoms with van der Waals surface area (Å²) in [6.45, 7) is 9.60. The van der Waals surface area contributed by atoms with Gasteiger partial charge in [0.25, 0.3) is 0 Å². The maximum absolute atomic E-state index is 6.02. The van der Waals surface area contributed by atoms with Gasteiger partial charge in [-0.1, -0.05) is 26.0 Å². The lowest BCUT2D eigenvalue weighted by Crippen LogP contribution is -2.40. The Morgan fingerprint density at radius 1 is 0.958 bits per heavy atom. The van der Waals surface area contributed by atoms with Gasteiger partial charge in [-0.3, -0.25) is 0 Å². The second-order valence-electron chi connectivity index (χ2n) is 7.77. The largest absolute Gasteiger partial charge is 0.490 e. The molecular formula is C21H34O3. The van der Waals surface area contributed by atoms with Gasteiger partial charge in [-0.05, 0) is 56.2 Å². The third-order valence-corrected chi connectivity index (χ3v) is 4.58. The van der Waals surface area contributed by atoms with Crippen LogP contribution in [0.3, 0.4) is 0 Å². The molecule has 136 valence electrons. The third-order valence-electron chi connectivity index (χ3n) is 4.58. The lowest BCUT2D eigenvalue weighted by Gasteiger charge is -2.36. The molecule has 24 heavy (non-hydrogen) atoms. The van der Waals surface area contributed by atoms with Crippen molar-refractivity contribution in [1.82, 2.24) is 0 Å². The molecule has 0 spiro atoms. The Balaban J connectivity index is 1.71. The molecule has 0 amide bonds. The van der Waals surface area contributed by atoms with E-state index in [1.807, 2.05) is 0 Å². The van der Waals surface area contributed by atoms with Gasteiger partial charge in [0.2, 0.25) is 0 Å². The minimum atomic E-state index is 0.309. The Labute approximate surface area is 147 Å². The Kier molecular flexibility index (Phi) is 7.57. The molecule has 1 saturated carbocycles. The van der Waals surface area contributed by atoms with Crippen molar-refractivity contribution < 1.29 is 14.2 Å². The van der Waals surface area contributed by atoms with E-state index in [4.69, 9.17) is 14.2 Å². The first-order chi connectivity index (χ1) is 11.5. The first-order valence-electron chi connectivity index (χ1n) is 9.36. The summed E-state index contributed by atoms with van der Waals surface area (Å²) in [6, 6.07) is 8.62. The topological polar surface area (TPSA) is 27.7 Å². The monoisotopic (exact) mass is 334 g/mol. The average molecular weight is 335 g/mol. The van der Waals surface area contributed by atoms with Gasteiger partial charge < -0.3 is 14.2 Å². The predicted molar refractivity (Wildman–Crippen MR) is 98.6 cm³/mol. The fraction of sp³-hybridized carbons (Fsp3) is 0.714. The predicted octanol–water partition coefficient (Wildman–Crippen LogP) is 4.87. The van der Waals surface area contributed by atoms with Crippen molar-refractivity contribution in [2.24, 2.45) is 11.8 Å². The second-order valence-corrected chi connectivity index (χ2v) is 7.77. The minimum absolute atomic E-state index is 0.309. The van der Waals surface area contributed by atoms with Crippen LogP contribution in [0.25, 0.3) is 0 Å². The van der Waals surface area contributed by atoms with E-state index in [0.29, 0.717) is 30.1 Å². The molecule has 1 aromatic carbocycles. The highest BCUT2D eigenvalue weighted by atomic mass is 16.5. The second kappa shape index (κ2) is 9.43. The van der Waals surface area contributed by atoms with Gasteiger partial charge in [-0.15, -0.1) is 0 Å². The average Bonchev–Trinajstić information content (AvgIpc) is 2.46. The summed E-state index contributed by atoms with van der Waals surface area (Å²) in [4.78, 5) is 0. The van der Waals surface area contributed by atoms with Gasteiger partial charge in [0.05, 0.1) is 12.2 Å². The molecule has 0 heterocycles. The Morgan fingerprint density at radius 2 is 1.62 bits per heavy atom. The molecule has 3 nitrogen and oxygen atoms in total. The molecule has 2 rings (SSSR count). The van der Waals surface area contributed by atoms with Gasteiger partial charge in [0.1, 0.15) is 11.9 Å². The van der Waals surface area contributed by atoms with Gasteiger partial charge in [-0.2, -0.15) is 0 Å². The molecule has 0 radical (unpaired) electrons. The molecule has 1 aliphatic rings. The van der Waals surface area contributed by atoms with Crippen LogP contribution in [0.5, 0.6) is 5.75 Å². The minimum Gasteiger partial charge on any atom is -0.490 e. The van der Waals surface area contributed by atoms with Crippen LogP contribution in [0.4, 0.5) is 0 Å². The Hall–Kier alpha value is -1.06. The zero-order valence-electron chi connectivity index (χ0n) is 16.0. The van der Waals surface area contributed by atoms with Crippen molar-refractivity contribution >= 4 is 0 Å².